The summed E-state index contributed by atoms with van der Waals surface area (Å²) in [5, 5.41) is 13.8. The van der Waals surface area contributed by atoms with E-state index in [4.69, 9.17) is 4.74 Å². The number of hydrogen-bond acceptors (Lipinski definition) is 4. The number of nitrogens with zero attached hydrogens (tertiary/aromatic N) is 1. The van der Waals surface area contributed by atoms with E-state index in [0.29, 0.717) is 5.75 Å². The summed E-state index contributed by atoms with van der Waals surface area (Å²) in [6.45, 7) is 1.83. The van der Waals surface area contributed by atoms with Crippen LogP contribution in [0.1, 0.15) is 12.8 Å². The van der Waals surface area contributed by atoms with Crippen molar-refractivity contribution in [3.63, 3.8) is 0 Å². The molecule has 1 fully saturated rings. The Labute approximate surface area is 93.6 Å². The fourth-order valence-electron chi connectivity index (χ4n) is 1.78. The van der Waals surface area contributed by atoms with Crippen LogP contribution in [0.4, 0.5) is 5.69 Å². The molecule has 0 unspecified atom stereocenters. The minimum Gasteiger partial charge on any atom is -0.489 e. The van der Waals surface area contributed by atoms with Crippen molar-refractivity contribution in [2.75, 3.05) is 13.1 Å². The molecule has 0 bridgehead atoms. The second-order valence-corrected chi connectivity index (χ2v) is 3.84. The molecule has 1 heterocycles. The van der Waals surface area contributed by atoms with E-state index in [2.05, 4.69) is 5.32 Å². The highest BCUT2D eigenvalue weighted by Gasteiger charge is 2.15. The second kappa shape index (κ2) is 4.94. The summed E-state index contributed by atoms with van der Waals surface area (Å²) in [6, 6.07) is 6.33. The molecule has 0 aromatic heterocycles. The summed E-state index contributed by atoms with van der Waals surface area (Å²) < 4.78 is 5.68. The van der Waals surface area contributed by atoms with Crippen LogP contribution in [0.15, 0.2) is 24.3 Å². The lowest BCUT2D eigenvalue weighted by molar-refractivity contribution is -0.384. The standard InChI is InChI=1S/C11H14N2O3/c14-13(15)9-3-1-4-10(7-9)16-11-5-2-6-12-8-11/h1,3-4,7,11-12H,2,5-6,8H2/t11-/m1/s1. The van der Waals surface area contributed by atoms with Gasteiger partial charge in [0.1, 0.15) is 11.9 Å². The predicted molar refractivity (Wildman–Crippen MR) is 59.6 cm³/mol. The summed E-state index contributed by atoms with van der Waals surface area (Å²) in [4.78, 5) is 10.2. The lowest BCUT2D eigenvalue weighted by Crippen LogP contribution is -2.37. The third-order valence-corrected chi connectivity index (χ3v) is 2.58. The van der Waals surface area contributed by atoms with Crippen molar-refractivity contribution in [2.45, 2.75) is 18.9 Å². The van der Waals surface area contributed by atoms with Crippen LogP contribution in [0.3, 0.4) is 0 Å². The van der Waals surface area contributed by atoms with Crippen molar-refractivity contribution in [3.8, 4) is 5.75 Å². The molecule has 1 N–H and O–H groups in total. The predicted octanol–water partition coefficient (Wildman–Crippen LogP) is 1.73. The van der Waals surface area contributed by atoms with Crippen LogP contribution in [-0.4, -0.2) is 24.1 Å². The number of nitro benzene ring substituents is 1. The Bertz CT molecular complexity index is 375. The molecule has 16 heavy (non-hydrogen) atoms. The molecular weight excluding hydrogens is 208 g/mol. The number of non-ortho nitro benzene ring substituents is 1. The van der Waals surface area contributed by atoms with E-state index in [-0.39, 0.29) is 11.8 Å². The Hall–Kier alpha value is -1.62. The maximum absolute atomic E-state index is 10.6. The Morgan fingerprint density at radius 2 is 2.38 bits per heavy atom. The normalized spacial score (nSPS) is 20.4. The summed E-state index contributed by atoms with van der Waals surface area (Å²) >= 11 is 0. The van der Waals surface area contributed by atoms with Crippen molar-refractivity contribution in [2.24, 2.45) is 0 Å². The molecule has 0 amide bonds. The van der Waals surface area contributed by atoms with E-state index < -0.39 is 4.92 Å². The van der Waals surface area contributed by atoms with Crippen molar-refractivity contribution in [1.29, 1.82) is 0 Å². The Morgan fingerprint density at radius 1 is 1.50 bits per heavy atom. The van der Waals surface area contributed by atoms with Crippen molar-refractivity contribution < 1.29 is 9.66 Å². The van der Waals surface area contributed by atoms with E-state index in [1.807, 2.05) is 0 Å². The number of nitro groups is 1. The summed E-state index contributed by atoms with van der Waals surface area (Å²) in [6.07, 6.45) is 2.20. The molecule has 0 aliphatic carbocycles. The van der Waals surface area contributed by atoms with E-state index >= 15 is 0 Å². The molecule has 86 valence electrons. The second-order valence-electron chi connectivity index (χ2n) is 3.84. The summed E-state index contributed by atoms with van der Waals surface area (Å²) in [5.41, 5.74) is 0.0706. The summed E-state index contributed by atoms with van der Waals surface area (Å²) in [7, 11) is 0. The van der Waals surface area contributed by atoms with Crippen LogP contribution >= 0.6 is 0 Å². The Balaban J connectivity index is 2.02. The van der Waals surface area contributed by atoms with E-state index in [9.17, 15) is 10.1 Å². The van der Waals surface area contributed by atoms with E-state index in [0.717, 1.165) is 25.9 Å². The van der Waals surface area contributed by atoms with Crippen LogP contribution < -0.4 is 10.1 Å². The molecule has 1 aliphatic rings. The van der Waals surface area contributed by atoms with Gasteiger partial charge in [0.15, 0.2) is 0 Å². The first kappa shape index (κ1) is 10.9. The van der Waals surface area contributed by atoms with Gasteiger partial charge in [-0.3, -0.25) is 10.1 Å². The zero-order valence-electron chi connectivity index (χ0n) is 8.89. The van der Waals surface area contributed by atoms with Gasteiger partial charge in [-0.2, -0.15) is 0 Å². The van der Waals surface area contributed by atoms with Crippen molar-refractivity contribution in [1.82, 2.24) is 5.32 Å². The number of rotatable bonds is 3. The highest BCUT2D eigenvalue weighted by atomic mass is 16.6. The molecule has 1 aromatic rings. The quantitative estimate of drug-likeness (QED) is 0.624. The number of ether oxygens (including phenoxy) is 1. The first-order valence-electron chi connectivity index (χ1n) is 5.37. The van der Waals surface area contributed by atoms with Gasteiger partial charge in [0.05, 0.1) is 11.0 Å². The largest absolute Gasteiger partial charge is 0.489 e. The third-order valence-electron chi connectivity index (χ3n) is 2.58. The van der Waals surface area contributed by atoms with Gasteiger partial charge in [-0.25, -0.2) is 0 Å². The first-order valence-corrected chi connectivity index (χ1v) is 5.37. The number of benzene rings is 1. The maximum atomic E-state index is 10.6. The van der Waals surface area contributed by atoms with E-state index in [1.165, 1.54) is 12.1 Å². The van der Waals surface area contributed by atoms with Crippen LogP contribution in [-0.2, 0) is 0 Å². The van der Waals surface area contributed by atoms with Crippen LogP contribution in [0.25, 0.3) is 0 Å². The molecule has 1 atom stereocenters. The molecule has 0 spiro atoms. The highest BCUT2D eigenvalue weighted by molar-refractivity contribution is 5.38. The molecule has 1 saturated heterocycles. The van der Waals surface area contributed by atoms with Crippen LogP contribution in [0.5, 0.6) is 5.75 Å². The van der Waals surface area contributed by atoms with Gasteiger partial charge in [-0.05, 0) is 25.5 Å². The lowest BCUT2D eigenvalue weighted by atomic mass is 10.1. The molecular formula is C11H14N2O3. The zero-order valence-corrected chi connectivity index (χ0v) is 8.89. The number of nitrogens with one attached hydrogen (secondary N) is 1. The SMILES string of the molecule is O=[N+]([O-])c1cccc(O[C@@H]2CCCNC2)c1. The van der Waals surface area contributed by atoms with Crippen LogP contribution in [0.2, 0.25) is 0 Å². The van der Waals surface area contributed by atoms with Gasteiger partial charge >= 0.3 is 0 Å². The molecule has 0 radical (unpaired) electrons. The van der Waals surface area contributed by atoms with Gasteiger partial charge in [-0.15, -0.1) is 0 Å². The van der Waals surface area contributed by atoms with E-state index in [1.54, 1.807) is 12.1 Å². The monoisotopic (exact) mass is 222 g/mol. The third kappa shape index (κ3) is 2.70. The van der Waals surface area contributed by atoms with Gasteiger partial charge in [0, 0.05) is 12.6 Å². The molecule has 5 heteroatoms. The molecule has 2 rings (SSSR count). The van der Waals surface area contributed by atoms with Gasteiger partial charge in [0.2, 0.25) is 0 Å². The summed E-state index contributed by atoms with van der Waals surface area (Å²) in [5.74, 6) is 0.572. The van der Waals surface area contributed by atoms with Gasteiger partial charge in [0.25, 0.3) is 5.69 Å². The molecule has 5 nitrogen and oxygen atoms in total. The Morgan fingerprint density at radius 3 is 3.06 bits per heavy atom. The topological polar surface area (TPSA) is 64.4 Å². The smallest absolute Gasteiger partial charge is 0.273 e. The molecule has 1 aromatic carbocycles. The molecule has 0 saturated carbocycles. The first-order chi connectivity index (χ1) is 7.75. The lowest BCUT2D eigenvalue weighted by Gasteiger charge is -2.23. The zero-order chi connectivity index (χ0) is 11.4. The minimum atomic E-state index is -0.411. The fraction of sp³-hybridized carbons (Fsp3) is 0.455. The minimum absolute atomic E-state index is 0.0706. The van der Waals surface area contributed by atoms with Crippen molar-refractivity contribution in [3.05, 3.63) is 34.4 Å². The Kier molecular flexibility index (Phi) is 3.36. The average molecular weight is 222 g/mol. The number of hydrogen-bond donors (Lipinski definition) is 1. The van der Waals surface area contributed by atoms with Crippen molar-refractivity contribution >= 4 is 5.69 Å². The maximum Gasteiger partial charge on any atom is 0.273 e. The van der Waals surface area contributed by atoms with Crippen LogP contribution in [0, 0.1) is 10.1 Å². The average Bonchev–Trinajstić information content (AvgIpc) is 2.30. The number of piperidine rings is 1. The highest BCUT2D eigenvalue weighted by Crippen LogP contribution is 2.21. The molecule has 1 aliphatic heterocycles. The van der Waals surface area contributed by atoms with Gasteiger partial charge in [-0.1, -0.05) is 6.07 Å². The fourth-order valence-corrected chi connectivity index (χ4v) is 1.78. The van der Waals surface area contributed by atoms with Gasteiger partial charge < -0.3 is 10.1 Å².